The molecule has 1 heterocycles. The fourth-order valence-corrected chi connectivity index (χ4v) is 4.18. The molecule has 0 spiro atoms. The van der Waals surface area contributed by atoms with Crippen molar-refractivity contribution in [3.05, 3.63) is 0 Å². The van der Waals surface area contributed by atoms with Gasteiger partial charge in [0.15, 0.2) is 0 Å². The molecular weight excluding hydrogens is 242 g/mol. The van der Waals surface area contributed by atoms with Crippen molar-refractivity contribution in [3.8, 4) is 0 Å². The van der Waals surface area contributed by atoms with Gasteiger partial charge in [0.2, 0.25) is 0 Å². The summed E-state index contributed by atoms with van der Waals surface area (Å²) >= 11 is 2.09. The summed E-state index contributed by atoms with van der Waals surface area (Å²) in [6.45, 7) is 4.48. The topological polar surface area (TPSA) is 21.3 Å². The van der Waals surface area contributed by atoms with Crippen molar-refractivity contribution in [2.24, 2.45) is 11.3 Å². The van der Waals surface area contributed by atoms with E-state index in [1.807, 2.05) is 0 Å². The molecule has 104 valence electrons. The molecule has 2 atom stereocenters. The summed E-state index contributed by atoms with van der Waals surface area (Å²) in [5.41, 5.74) is 0.464. The van der Waals surface area contributed by atoms with Crippen LogP contribution in [0.15, 0.2) is 0 Å². The molecule has 2 nitrogen and oxygen atoms in total. The van der Waals surface area contributed by atoms with Crippen LogP contribution in [0.1, 0.15) is 45.4 Å². The molecule has 1 saturated heterocycles. The zero-order chi connectivity index (χ0) is 12.4. The van der Waals surface area contributed by atoms with Crippen molar-refractivity contribution in [1.82, 2.24) is 5.32 Å². The highest BCUT2D eigenvalue weighted by molar-refractivity contribution is 7.99. The fraction of sp³-hybridized carbons (Fsp3) is 1.00. The third-order valence-electron chi connectivity index (χ3n) is 4.82. The van der Waals surface area contributed by atoms with Crippen molar-refractivity contribution in [2.45, 2.75) is 57.6 Å². The van der Waals surface area contributed by atoms with E-state index in [2.05, 4.69) is 24.0 Å². The zero-order valence-corrected chi connectivity index (χ0v) is 12.4. The lowest BCUT2D eigenvalue weighted by Gasteiger charge is -2.35. The first kappa shape index (κ1) is 13.3. The fourth-order valence-electron chi connectivity index (χ4n) is 3.34. The second-order valence-electron chi connectivity index (χ2n) is 6.34. The highest BCUT2D eigenvalue weighted by atomic mass is 32.2. The second-order valence-corrected chi connectivity index (χ2v) is 7.74. The van der Waals surface area contributed by atoms with Gasteiger partial charge in [0.1, 0.15) is 0 Å². The molecule has 3 fully saturated rings. The molecule has 1 N–H and O–H groups in total. The maximum Gasteiger partial charge on any atom is 0.0672 e. The summed E-state index contributed by atoms with van der Waals surface area (Å²) in [4.78, 5) is 0. The van der Waals surface area contributed by atoms with E-state index in [1.54, 1.807) is 0 Å². The van der Waals surface area contributed by atoms with Gasteiger partial charge in [0, 0.05) is 24.6 Å². The van der Waals surface area contributed by atoms with E-state index in [-0.39, 0.29) is 0 Å². The molecule has 2 saturated carbocycles. The van der Waals surface area contributed by atoms with Gasteiger partial charge in [0.05, 0.1) is 6.10 Å². The number of rotatable bonds is 8. The normalized spacial score (nSPS) is 36.2. The molecular formula is C15H27NOS. The lowest BCUT2D eigenvalue weighted by molar-refractivity contribution is 0.0291. The van der Waals surface area contributed by atoms with Crippen LogP contribution in [0.3, 0.4) is 0 Å². The minimum absolute atomic E-state index is 0.464. The number of hydrogen-bond donors (Lipinski definition) is 1. The van der Waals surface area contributed by atoms with Gasteiger partial charge in [-0.25, -0.2) is 0 Å². The maximum atomic E-state index is 6.13. The van der Waals surface area contributed by atoms with Crippen LogP contribution in [-0.2, 0) is 4.74 Å². The van der Waals surface area contributed by atoms with E-state index in [0.717, 1.165) is 18.6 Å². The maximum absolute atomic E-state index is 6.13. The van der Waals surface area contributed by atoms with Crippen LogP contribution in [-0.4, -0.2) is 36.8 Å². The largest absolute Gasteiger partial charge is 0.377 e. The van der Waals surface area contributed by atoms with Gasteiger partial charge in [-0.3, -0.25) is 0 Å². The summed E-state index contributed by atoms with van der Waals surface area (Å²) < 4.78 is 6.13. The molecule has 3 rings (SSSR count). The van der Waals surface area contributed by atoms with Crippen LogP contribution in [0, 0.1) is 11.3 Å². The Bertz CT molecular complexity index is 278. The number of nitrogens with one attached hydrogen (secondary N) is 1. The van der Waals surface area contributed by atoms with E-state index < -0.39 is 0 Å². The van der Waals surface area contributed by atoms with E-state index in [0.29, 0.717) is 11.5 Å². The average molecular weight is 269 g/mol. The highest BCUT2D eigenvalue weighted by Crippen LogP contribution is 2.50. The van der Waals surface area contributed by atoms with Gasteiger partial charge < -0.3 is 10.1 Å². The Hall–Kier alpha value is 0.270. The SMILES string of the molecule is CCSCCC1(CNC2CC2)CCOC1C1CC1. The minimum Gasteiger partial charge on any atom is -0.377 e. The Kier molecular flexibility index (Phi) is 4.21. The third kappa shape index (κ3) is 3.05. The summed E-state index contributed by atoms with van der Waals surface area (Å²) in [7, 11) is 0. The number of hydrogen-bond acceptors (Lipinski definition) is 3. The molecule has 2 unspecified atom stereocenters. The molecule has 0 aromatic rings. The predicted molar refractivity (Wildman–Crippen MR) is 78.2 cm³/mol. The molecule has 0 radical (unpaired) electrons. The predicted octanol–water partition coefficient (Wildman–Crippen LogP) is 3.07. The molecule has 0 bridgehead atoms. The van der Waals surface area contributed by atoms with Gasteiger partial charge in [-0.1, -0.05) is 6.92 Å². The number of ether oxygens (including phenoxy) is 1. The lowest BCUT2D eigenvalue weighted by Crippen LogP contribution is -2.43. The Morgan fingerprint density at radius 3 is 2.78 bits per heavy atom. The molecule has 0 amide bonds. The van der Waals surface area contributed by atoms with Crippen molar-refractivity contribution in [3.63, 3.8) is 0 Å². The van der Waals surface area contributed by atoms with Gasteiger partial charge in [-0.05, 0) is 55.9 Å². The van der Waals surface area contributed by atoms with Crippen molar-refractivity contribution >= 4 is 11.8 Å². The first-order valence-electron chi connectivity index (χ1n) is 7.77. The van der Waals surface area contributed by atoms with E-state index in [4.69, 9.17) is 4.74 Å². The van der Waals surface area contributed by atoms with Gasteiger partial charge in [-0.15, -0.1) is 0 Å². The first-order chi connectivity index (χ1) is 8.84. The molecule has 2 aliphatic carbocycles. The van der Waals surface area contributed by atoms with E-state index in [9.17, 15) is 0 Å². The van der Waals surface area contributed by atoms with Crippen LogP contribution in [0.5, 0.6) is 0 Å². The smallest absolute Gasteiger partial charge is 0.0672 e. The molecule has 3 heteroatoms. The van der Waals surface area contributed by atoms with Crippen LogP contribution in [0.2, 0.25) is 0 Å². The highest BCUT2D eigenvalue weighted by Gasteiger charge is 2.50. The Morgan fingerprint density at radius 2 is 2.11 bits per heavy atom. The van der Waals surface area contributed by atoms with Crippen LogP contribution < -0.4 is 5.32 Å². The van der Waals surface area contributed by atoms with E-state index in [1.165, 1.54) is 56.6 Å². The Morgan fingerprint density at radius 1 is 1.28 bits per heavy atom. The Labute approximate surface area is 116 Å². The van der Waals surface area contributed by atoms with Crippen molar-refractivity contribution < 1.29 is 4.74 Å². The van der Waals surface area contributed by atoms with Crippen LogP contribution in [0.4, 0.5) is 0 Å². The summed E-state index contributed by atoms with van der Waals surface area (Å²) in [5, 5.41) is 3.79. The second kappa shape index (κ2) is 5.72. The zero-order valence-electron chi connectivity index (χ0n) is 11.6. The van der Waals surface area contributed by atoms with Crippen molar-refractivity contribution in [2.75, 3.05) is 24.7 Å². The third-order valence-corrected chi connectivity index (χ3v) is 5.72. The lowest BCUT2D eigenvalue weighted by atomic mass is 9.76. The molecule has 18 heavy (non-hydrogen) atoms. The van der Waals surface area contributed by atoms with Gasteiger partial charge >= 0.3 is 0 Å². The van der Waals surface area contributed by atoms with Crippen LogP contribution in [0.25, 0.3) is 0 Å². The van der Waals surface area contributed by atoms with Crippen molar-refractivity contribution in [1.29, 1.82) is 0 Å². The monoisotopic (exact) mass is 269 g/mol. The van der Waals surface area contributed by atoms with Gasteiger partial charge in [-0.2, -0.15) is 11.8 Å². The quantitative estimate of drug-likeness (QED) is 0.684. The van der Waals surface area contributed by atoms with Crippen LogP contribution >= 0.6 is 11.8 Å². The summed E-state index contributed by atoms with van der Waals surface area (Å²) in [6, 6.07) is 0.834. The summed E-state index contributed by atoms with van der Waals surface area (Å²) in [6.07, 6.45) is 8.84. The van der Waals surface area contributed by atoms with Gasteiger partial charge in [0.25, 0.3) is 0 Å². The first-order valence-corrected chi connectivity index (χ1v) is 8.92. The standard InChI is InChI=1S/C15H27NOS/c1-2-18-10-8-15(11-16-13-5-6-13)7-9-17-14(15)12-3-4-12/h12-14,16H,2-11H2,1H3. The molecule has 3 aliphatic rings. The molecule has 0 aromatic heterocycles. The molecule has 1 aliphatic heterocycles. The minimum atomic E-state index is 0.464. The van der Waals surface area contributed by atoms with E-state index >= 15 is 0 Å². The Balaban J connectivity index is 1.60. The molecule has 0 aromatic carbocycles. The average Bonchev–Trinajstić information content (AvgIpc) is 3.28. The summed E-state index contributed by atoms with van der Waals surface area (Å²) in [5.74, 6) is 3.45. The number of thioether (sulfide) groups is 1.